The van der Waals surface area contributed by atoms with Crippen molar-refractivity contribution in [2.45, 2.75) is 116 Å². The van der Waals surface area contributed by atoms with E-state index < -0.39 is 14.3 Å². The number of nitrogens with zero attached hydrogens (tertiary/aromatic N) is 1. The Hall–Kier alpha value is -1.96. The number of unbranched alkanes of at least 4 members (excludes halogenated alkanes) is 2. The summed E-state index contributed by atoms with van der Waals surface area (Å²) in [7, 11) is -1.92. The Morgan fingerprint density at radius 3 is 2.43 bits per heavy atom. The van der Waals surface area contributed by atoms with Crippen LogP contribution in [0.15, 0.2) is 36.4 Å². The van der Waals surface area contributed by atoms with Gasteiger partial charge in [0.05, 0.1) is 6.10 Å². The molecular weight excluding hydrogens is 498 g/mol. The maximum absolute atomic E-state index is 12.8. The van der Waals surface area contributed by atoms with Crippen LogP contribution in [0.3, 0.4) is 0 Å². The van der Waals surface area contributed by atoms with E-state index in [-0.39, 0.29) is 23.1 Å². The fraction of sp³-hybridized carbons (Fsp3) is 0.600. The van der Waals surface area contributed by atoms with Crippen LogP contribution in [0.2, 0.25) is 18.1 Å². The van der Waals surface area contributed by atoms with Crippen LogP contribution in [-0.2, 0) is 15.6 Å². The molecule has 1 N–H and O–H groups in total. The number of hydrogen-bond acceptors (Lipinski definition) is 4. The molecule has 1 aliphatic heterocycles. The fourth-order valence-corrected chi connectivity index (χ4v) is 6.97. The lowest BCUT2D eigenvalue weighted by molar-refractivity contribution is -0.117. The lowest BCUT2D eigenvalue weighted by Crippen LogP contribution is -2.41. The molecule has 2 heterocycles. The molecule has 0 bridgehead atoms. The SMILES string of the molecule is CCCCCC(O[Si](C)(C)C(C)(C)C)c1ccc(N2C(=O)CC[C@@H]2CCCc2ccc(C(=O)O)s2)cc1. The standard InChI is InChI=1S/C30H45NO4SSi/c1-7-8-9-13-26(35-37(5,6)30(2,3)4)22-14-16-24(17-15-22)31-23(18-21-28(31)32)11-10-12-25-19-20-27(36-25)29(33)34/h14-17,19-20,23,26H,7-13,18,21H2,1-6H3,(H,33,34)/t23-,26?/m0/s1. The first kappa shape index (κ1) is 29.6. The summed E-state index contributed by atoms with van der Waals surface area (Å²) in [6.07, 6.45) is 8.84. The summed E-state index contributed by atoms with van der Waals surface area (Å²) in [6, 6.07) is 12.3. The molecule has 37 heavy (non-hydrogen) atoms. The number of aromatic carboxylic acids is 1. The maximum Gasteiger partial charge on any atom is 0.345 e. The minimum Gasteiger partial charge on any atom is -0.477 e. The first-order valence-electron chi connectivity index (χ1n) is 13.8. The van der Waals surface area contributed by atoms with Crippen molar-refractivity contribution in [3.8, 4) is 0 Å². The van der Waals surface area contributed by atoms with E-state index in [1.807, 2.05) is 11.0 Å². The van der Waals surface area contributed by atoms with E-state index in [1.165, 1.54) is 29.7 Å². The van der Waals surface area contributed by atoms with Gasteiger partial charge < -0.3 is 14.4 Å². The number of benzene rings is 1. The number of carboxylic acids is 1. The van der Waals surface area contributed by atoms with Crippen molar-refractivity contribution < 1.29 is 19.1 Å². The predicted molar refractivity (Wildman–Crippen MR) is 156 cm³/mol. The van der Waals surface area contributed by atoms with Gasteiger partial charge in [0.15, 0.2) is 8.32 Å². The highest BCUT2D eigenvalue weighted by Crippen LogP contribution is 2.41. The van der Waals surface area contributed by atoms with E-state index in [1.54, 1.807) is 6.07 Å². The van der Waals surface area contributed by atoms with Gasteiger partial charge in [-0.25, -0.2) is 4.79 Å². The number of thiophene rings is 1. The first-order chi connectivity index (χ1) is 17.4. The molecule has 0 saturated carbocycles. The van der Waals surface area contributed by atoms with Crippen LogP contribution >= 0.6 is 11.3 Å². The molecule has 2 aromatic rings. The van der Waals surface area contributed by atoms with E-state index >= 15 is 0 Å². The molecule has 1 fully saturated rings. The van der Waals surface area contributed by atoms with Crippen LogP contribution in [0.25, 0.3) is 0 Å². The monoisotopic (exact) mass is 543 g/mol. The fourth-order valence-electron chi connectivity index (χ4n) is 4.77. The molecule has 0 spiro atoms. The molecule has 5 nitrogen and oxygen atoms in total. The van der Waals surface area contributed by atoms with Gasteiger partial charge in [-0.15, -0.1) is 11.3 Å². The zero-order valence-corrected chi connectivity index (χ0v) is 25.3. The van der Waals surface area contributed by atoms with Crippen LogP contribution in [0.4, 0.5) is 5.69 Å². The average molecular weight is 544 g/mol. The van der Waals surface area contributed by atoms with Crippen molar-refractivity contribution in [2.75, 3.05) is 4.90 Å². The zero-order valence-electron chi connectivity index (χ0n) is 23.5. The number of aryl methyl sites for hydroxylation is 1. The lowest BCUT2D eigenvalue weighted by atomic mass is 10.0. The lowest BCUT2D eigenvalue weighted by Gasteiger charge is -2.39. The molecule has 7 heteroatoms. The normalized spacial score (nSPS) is 17.4. The highest BCUT2D eigenvalue weighted by atomic mass is 32.1. The third kappa shape index (κ3) is 7.77. The van der Waals surface area contributed by atoms with E-state index in [0.29, 0.717) is 11.3 Å². The van der Waals surface area contributed by atoms with Crippen LogP contribution in [0, 0.1) is 0 Å². The number of carbonyl (C=O) groups is 2. The Bertz CT molecular complexity index is 1040. The molecule has 1 amide bonds. The topological polar surface area (TPSA) is 66.8 Å². The Labute approximate surface area is 228 Å². The maximum atomic E-state index is 12.8. The van der Waals surface area contributed by atoms with Gasteiger partial charge in [-0.1, -0.05) is 59.1 Å². The summed E-state index contributed by atoms with van der Waals surface area (Å²) in [4.78, 5) is 27.4. The van der Waals surface area contributed by atoms with Gasteiger partial charge in [0.25, 0.3) is 0 Å². The Morgan fingerprint density at radius 1 is 1.14 bits per heavy atom. The Morgan fingerprint density at radius 2 is 1.84 bits per heavy atom. The molecular formula is C30H45NO4SSi. The number of hydrogen-bond donors (Lipinski definition) is 1. The zero-order chi connectivity index (χ0) is 27.2. The smallest absolute Gasteiger partial charge is 0.345 e. The Kier molecular flexibility index (Phi) is 10.2. The molecule has 1 aromatic heterocycles. The van der Waals surface area contributed by atoms with Crippen molar-refractivity contribution in [2.24, 2.45) is 0 Å². The summed E-state index contributed by atoms with van der Waals surface area (Å²) < 4.78 is 6.88. The number of anilines is 1. The summed E-state index contributed by atoms with van der Waals surface area (Å²) in [5.41, 5.74) is 2.18. The number of rotatable bonds is 13. The minimum absolute atomic E-state index is 0.0908. The molecule has 0 aliphatic carbocycles. The van der Waals surface area contributed by atoms with Gasteiger partial charge in [0.2, 0.25) is 5.91 Å². The van der Waals surface area contributed by atoms with E-state index in [0.717, 1.165) is 49.1 Å². The highest BCUT2D eigenvalue weighted by molar-refractivity contribution is 7.13. The average Bonchev–Trinajstić information content (AvgIpc) is 3.45. The third-order valence-electron chi connectivity index (χ3n) is 8.01. The second kappa shape index (κ2) is 12.7. The number of amides is 1. The molecule has 1 aliphatic rings. The highest BCUT2D eigenvalue weighted by Gasteiger charge is 2.39. The van der Waals surface area contributed by atoms with Gasteiger partial charge in [-0.05, 0) is 80.1 Å². The predicted octanol–water partition coefficient (Wildman–Crippen LogP) is 8.61. The molecule has 0 radical (unpaired) electrons. The summed E-state index contributed by atoms with van der Waals surface area (Å²) in [6.45, 7) is 13.7. The summed E-state index contributed by atoms with van der Waals surface area (Å²) >= 11 is 1.35. The van der Waals surface area contributed by atoms with Crippen LogP contribution in [0.1, 0.15) is 105 Å². The second-order valence-electron chi connectivity index (χ2n) is 11.9. The van der Waals surface area contributed by atoms with E-state index in [2.05, 4.69) is 65.1 Å². The van der Waals surface area contributed by atoms with Gasteiger partial charge >= 0.3 is 5.97 Å². The van der Waals surface area contributed by atoms with Crippen molar-refractivity contribution in [3.63, 3.8) is 0 Å². The van der Waals surface area contributed by atoms with E-state index in [4.69, 9.17) is 9.53 Å². The second-order valence-corrected chi connectivity index (χ2v) is 17.8. The number of carboxylic acid groups (broad SMARTS) is 1. The van der Waals surface area contributed by atoms with Crippen LogP contribution in [0.5, 0.6) is 0 Å². The van der Waals surface area contributed by atoms with E-state index in [9.17, 15) is 9.59 Å². The van der Waals surface area contributed by atoms with Gasteiger partial charge in [-0.3, -0.25) is 4.79 Å². The Balaban J connectivity index is 1.68. The molecule has 2 atom stereocenters. The molecule has 204 valence electrons. The minimum atomic E-state index is -1.92. The largest absolute Gasteiger partial charge is 0.477 e. The molecule has 1 saturated heterocycles. The third-order valence-corrected chi connectivity index (χ3v) is 13.6. The van der Waals surface area contributed by atoms with Crippen LogP contribution in [-0.4, -0.2) is 31.3 Å². The molecule has 3 rings (SSSR count). The van der Waals surface area contributed by atoms with Gasteiger partial charge in [0.1, 0.15) is 4.88 Å². The van der Waals surface area contributed by atoms with Crippen LogP contribution < -0.4 is 4.90 Å². The molecule has 1 aromatic carbocycles. The van der Waals surface area contributed by atoms with Crippen molar-refractivity contribution in [3.05, 3.63) is 51.7 Å². The quantitative estimate of drug-likeness (QED) is 0.203. The van der Waals surface area contributed by atoms with Gasteiger partial charge in [0, 0.05) is 23.0 Å². The van der Waals surface area contributed by atoms with Crippen molar-refractivity contribution in [1.82, 2.24) is 0 Å². The first-order valence-corrected chi connectivity index (χ1v) is 17.6. The summed E-state index contributed by atoms with van der Waals surface area (Å²) in [5, 5.41) is 9.30. The molecule has 1 unspecified atom stereocenters. The summed E-state index contributed by atoms with van der Waals surface area (Å²) in [5.74, 6) is -0.673. The van der Waals surface area contributed by atoms with Gasteiger partial charge in [-0.2, -0.15) is 0 Å². The van der Waals surface area contributed by atoms with Crippen molar-refractivity contribution in [1.29, 1.82) is 0 Å². The number of carbonyl (C=O) groups excluding carboxylic acids is 1. The van der Waals surface area contributed by atoms with Crippen molar-refractivity contribution >= 4 is 37.2 Å².